The molecule has 3 aromatic heterocycles. The molecule has 4 aromatic rings. The summed E-state index contributed by atoms with van der Waals surface area (Å²) in [6.45, 7) is 0.402. The predicted molar refractivity (Wildman–Crippen MR) is 131 cm³/mol. The third-order valence-corrected chi connectivity index (χ3v) is 4.30. The Labute approximate surface area is 200 Å². The van der Waals surface area contributed by atoms with Crippen molar-refractivity contribution in [3.05, 3.63) is 121 Å². The van der Waals surface area contributed by atoms with Crippen LogP contribution in [0.3, 0.4) is 0 Å². The molecule has 0 saturated carbocycles. The van der Waals surface area contributed by atoms with E-state index in [0.717, 1.165) is 11.1 Å². The second kappa shape index (κ2) is 11.7. The molecule has 0 spiro atoms. The summed E-state index contributed by atoms with van der Waals surface area (Å²) < 4.78 is 31.5. The normalized spacial score (nSPS) is 12.1. The molecule has 1 aromatic carbocycles. The lowest BCUT2D eigenvalue weighted by Crippen LogP contribution is -2.46. The molecule has 0 unspecified atom stereocenters. The van der Waals surface area contributed by atoms with E-state index in [9.17, 15) is 18.0 Å². The first-order valence-electron chi connectivity index (χ1n) is 10.2. The van der Waals surface area contributed by atoms with Crippen LogP contribution in [0.25, 0.3) is 12.2 Å². The van der Waals surface area contributed by atoms with Crippen LogP contribution in [0.5, 0.6) is 5.75 Å². The van der Waals surface area contributed by atoms with Crippen molar-refractivity contribution in [2.24, 2.45) is 0 Å². The zero-order chi connectivity index (χ0) is 25.3. The van der Waals surface area contributed by atoms with Gasteiger partial charge >= 0.3 is 0 Å². The van der Waals surface area contributed by atoms with Crippen molar-refractivity contribution >= 4 is 22.3 Å². The first kappa shape index (κ1) is 25.3. The molecule has 35 heavy (non-hydrogen) atoms. The fraction of sp³-hybridized carbons (Fsp3) is 0.0833. The van der Waals surface area contributed by atoms with Gasteiger partial charge < -0.3 is 14.7 Å². The number of H-pyrrole nitrogens is 2. The van der Waals surface area contributed by atoms with Gasteiger partial charge in [-0.2, -0.15) is 8.42 Å². The van der Waals surface area contributed by atoms with Gasteiger partial charge in [-0.1, -0.05) is 30.3 Å². The molecular formula is C24H22N4O6S. The molecule has 4 rings (SSSR count). The summed E-state index contributed by atoms with van der Waals surface area (Å²) in [7, 11) is -3.67. The molecule has 3 N–H and O–H groups in total. The summed E-state index contributed by atoms with van der Waals surface area (Å²) in [4.78, 5) is 38.2. The second-order valence-electron chi connectivity index (χ2n) is 7.23. The summed E-state index contributed by atoms with van der Waals surface area (Å²) in [5.74, 6) is 0.596. The smallest absolute Gasteiger partial charge is 0.272 e. The van der Waals surface area contributed by atoms with Gasteiger partial charge in [0.1, 0.15) is 23.1 Å². The van der Waals surface area contributed by atoms with E-state index in [2.05, 4.69) is 19.9 Å². The van der Waals surface area contributed by atoms with Gasteiger partial charge in [0, 0.05) is 12.4 Å². The Morgan fingerprint density at radius 2 is 1.51 bits per heavy atom. The minimum absolute atomic E-state index is 0.128. The van der Waals surface area contributed by atoms with Crippen LogP contribution in [0, 0.1) is 0 Å². The summed E-state index contributed by atoms with van der Waals surface area (Å²) in [6.07, 6.45) is 8.83. The van der Waals surface area contributed by atoms with Gasteiger partial charge in [-0.3, -0.25) is 24.1 Å². The number of hydrogen-bond donors (Lipinski definition) is 3. The van der Waals surface area contributed by atoms with Crippen molar-refractivity contribution in [3.8, 4) is 5.75 Å². The predicted octanol–water partition coefficient (Wildman–Crippen LogP) is 0.594. The fourth-order valence-electron chi connectivity index (χ4n) is 2.77. The Balaban J connectivity index is 0.000000623. The van der Waals surface area contributed by atoms with Gasteiger partial charge in [-0.25, -0.2) is 0 Å². The average Bonchev–Trinajstić information content (AvgIpc) is 2.82. The number of ether oxygens (including phenoxy) is 1. The molecule has 0 saturated heterocycles. The lowest BCUT2D eigenvalue weighted by molar-refractivity contribution is 0.305. The Hall–Kier alpha value is -4.35. The van der Waals surface area contributed by atoms with Crippen LogP contribution in [0.1, 0.15) is 16.8 Å². The van der Waals surface area contributed by atoms with Gasteiger partial charge in [0.25, 0.3) is 21.2 Å². The van der Waals surface area contributed by atoms with Crippen molar-refractivity contribution in [3.63, 3.8) is 0 Å². The first-order valence-corrected chi connectivity index (χ1v) is 12.0. The van der Waals surface area contributed by atoms with Crippen LogP contribution in [0.2, 0.25) is 0 Å². The largest absolute Gasteiger partial charge is 0.487 e. The lowest BCUT2D eigenvalue weighted by atomic mass is 10.2. The Morgan fingerprint density at radius 1 is 0.914 bits per heavy atom. The third-order valence-electron chi connectivity index (χ3n) is 4.30. The number of benzene rings is 1. The Morgan fingerprint density at radius 3 is 2.09 bits per heavy atom. The van der Waals surface area contributed by atoms with Crippen molar-refractivity contribution < 1.29 is 17.7 Å². The van der Waals surface area contributed by atoms with Crippen molar-refractivity contribution in [1.82, 2.24) is 19.9 Å². The standard InChI is InChI=1S/C23H18N4O3.CH4O3S/c28-22-20(12-16-4-2-1-3-5-16)26-23(29)21(27-22)13-18-6-7-19(14-25-18)30-15-17-8-10-24-11-9-17;1-5(2,3)4/h1-14H,15H2,(H,26,29)(H,27,28);1H3,(H,2,3,4)/b20-12-,21-13-;. The van der Waals surface area contributed by atoms with Gasteiger partial charge in [-0.05, 0) is 47.5 Å². The van der Waals surface area contributed by atoms with Crippen molar-refractivity contribution in [2.75, 3.05) is 6.26 Å². The molecular weight excluding hydrogens is 472 g/mol. The maximum Gasteiger partial charge on any atom is 0.272 e. The molecule has 0 fully saturated rings. The van der Waals surface area contributed by atoms with E-state index in [0.29, 0.717) is 24.3 Å². The molecule has 180 valence electrons. The van der Waals surface area contributed by atoms with Gasteiger partial charge in [0.2, 0.25) is 0 Å². The highest BCUT2D eigenvalue weighted by atomic mass is 32.2. The van der Waals surface area contributed by atoms with Gasteiger partial charge in [-0.15, -0.1) is 0 Å². The highest BCUT2D eigenvalue weighted by molar-refractivity contribution is 7.85. The average molecular weight is 495 g/mol. The van der Waals surface area contributed by atoms with Crippen molar-refractivity contribution in [1.29, 1.82) is 0 Å². The van der Waals surface area contributed by atoms with E-state index in [-0.39, 0.29) is 16.3 Å². The Bertz CT molecular complexity index is 1590. The molecule has 0 aliphatic heterocycles. The summed E-state index contributed by atoms with van der Waals surface area (Å²) in [5, 5.41) is 0.319. The molecule has 11 heteroatoms. The van der Waals surface area contributed by atoms with Crippen LogP contribution in [0.15, 0.2) is 82.8 Å². The molecule has 0 aliphatic carbocycles. The minimum atomic E-state index is -3.67. The number of aromatic nitrogens is 4. The quantitative estimate of drug-likeness (QED) is 0.341. The molecule has 0 radical (unpaired) electrons. The SMILES string of the molecule is CS(=O)(=O)O.O=c1[nH]/c(=C\c2ccc(OCc3ccncc3)cn2)c(=O)[nH]/c1=C\c1ccccc1. The second-order valence-corrected chi connectivity index (χ2v) is 8.70. The van der Waals surface area contributed by atoms with Gasteiger partial charge in [0.05, 0.1) is 18.1 Å². The molecule has 0 bridgehead atoms. The molecule has 3 heterocycles. The topological polar surface area (TPSA) is 155 Å². The van der Waals surface area contributed by atoms with E-state index in [4.69, 9.17) is 9.29 Å². The number of nitrogens with zero attached hydrogens (tertiary/aromatic N) is 2. The summed E-state index contributed by atoms with van der Waals surface area (Å²) in [5.41, 5.74) is 1.54. The number of nitrogens with one attached hydrogen (secondary N) is 2. The maximum atomic E-state index is 12.4. The lowest BCUT2D eigenvalue weighted by Gasteiger charge is -2.05. The van der Waals surface area contributed by atoms with Crippen LogP contribution >= 0.6 is 0 Å². The molecule has 0 atom stereocenters. The summed E-state index contributed by atoms with van der Waals surface area (Å²) >= 11 is 0. The van der Waals surface area contributed by atoms with E-state index in [1.54, 1.807) is 36.8 Å². The van der Waals surface area contributed by atoms with E-state index >= 15 is 0 Å². The first-order chi connectivity index (χ1) is 16.7. The zero-order valence-corrected chi connectivity index (χ0v) is 19.4. The Kier molecular flexibility index (Phi) is 8.43. The number of rotatable bonds is 5. The molecule has 10 nitrogen and oxygen atoms in total. The number of hydrogen-bond acceptors (Lipinski definition) is 7. The van der Waals surface area contributed by atoms with Crippen LogP contribution in [-0.2, 0) is 16.7 Å². The monoisotopic (exact) mass is 494 g/mol. The van der Waals surface area contributed by atoms with Gasteiger partial charge in [0.15, 0.2) is 0 Å². The zero-order valence-electron chi connectivity index (χ0n) is 18.6. The van der Waals surface area contributed by atoms with E-state index in [1.165, 1.54) is 6.08 Å². The highest BCUT2D eigenvalue weighted by Gasteiger charge is 2.00. The number of aromatic amines is 2. The highest BCUT2D eigenvalue weighted by Crippen LogP contribution is 2.11. The maximum absolute atomic E-state index is 12.4. The van der Waals surface area contributed by atoms with Crippen molar-refractivity contribution in [2.45, 2.75) is 6.61 Å². The fourth-order valence-corrected chi connectivity index (χ4v) is 2.77. The van der Waals surface area contributed by atoms with Crippen LogP contribution < -0.4 is 26.6 Å². The molecule has 0 aliphatic rings. The summed E-state index contributed by atoms with van der Waals surface area (Å²) in [6, 6.07) is 16.5. The van der Waals surface area contributed by atoms with Crippen LogP contribution in [-0.4, -0.2) is 39.2 Å². The third kappa shape index (κ3) is 8.84. The molecule has 0 amide bonds. The number of pyridine rings is 2. The van der Waals surface area contributed by atoms with E-state index < -0.39 is 15.7 Å². The van der Waals surface area contributed by atoms with E-state index in [1.807, 2.05) is 42.5 Å². The minimum Gasteiger partial charge on any atom is -0.487 e. The van der Waals surface area contributed by atoms with Crippen LogP contribution in [0.4, 0.5) is 0 Å².